The van der Waals surface area contributed by atoms with Gasteiger partial charge in [0.2, 0.25) is 5.91 Å². The molecule has 1 aromatic heterocycles. The molecule has 0 saturated heterocycles. The van der Waals surface area contributed by atoms with Gasteiger partial charge in [-0.05, 0) is 47.4 Å². The fourth-order valence-electron chi connectivity index (χ4n) is 5.79. The van der Waals surface area contributed by atoms with Crippen molar-refractivity contribution in [2.24, 2.45) is 15.5 Å². The fraction of sp³-hybridized carbons (Fsp3) is 0.355. The second-order valence-corrected chi connectivity index (χ2v) is 12.3. The van der Waals surface area contributed by atoms with Crippen molar-refractivity contribution in [3.8, 4) is 0 Å². The first-order valence-electron chi connectivity index (χ1n) is 13.5. The molecule has 3 aromatic rings. The van der Waals surface area contributed by atoms with Crippen LogP contribution in [0.25, 0.3) is 5.57 Å². The van der Waals surface area contributed by atoms with Gasteiger partial charge in [0.1, 0.15) is 17.3 Å². The highest BCUT2D eigenvalue weighted by atomic mass is 35.5. The molecule has 2 unspecified atom stereocenters. The van der Waals surface area contributed by atoms with Crippen molar-refractivity contribution in [3.05, 3.63) is 95.3 Å². The number of carbonyl (C=O) groups excluding carboxylic acids is 1. The molecule has 1 amide bonds. The normalized spacial score (nSPS) is 21.8. The third-order valence-electron chi connectivity index (χ3n) is 7.78. The molecule has 2 aromatic carbocycles. The summed E-state index contributed by atoms with van der Waals surface area (Å²) in [6, 6.07) is 18.6. The quantitative estimate of drug-likeness (QED) is 0.375. The van der Waals surface area contributed by atoms with Crippen molar-refractivity contribution in [2.45, 2.75) is 64.1 Å². The largest absolute Gasteiger partial charge is 0.347 e. The summed E-state index contributed by atoms with van der Waals surface area (Å²) in [5.74, 6) is 0.886. The van der Waals surface area contributed by atoms with Crippen molar-refractivity contribution in [1.29, 1.82) is 0 Å². The molecule has 1 fully saturated rings. The lowest BCUT2D eigenvalue weighted by atomic mass is 9.71. The number of amidine groups is 1. The number of allylic oxidation sites excluding steroid dienone is 1. The molecule has 6 rings (SSSR count). The summed E-state index contributed by atoms with van der Waals surface area (Å²) in [4.78, 5) is 18.1. The first-order valence-corrected chi connectivity index (χ1v) is 13.9. The first kappa shape index (κ1) is 25.6. The Balaban J connectivity index is 1.34. The van der Waals surface area contributed by atoms with Crippen molar-refractivity contribution in [1.82, 2.24) is 20.5 Å². The average Bonchev–Trinajstić information content (AvgIpc) is 3.54. The Morgan fingerprint density at radius 3 is 2.46 bits per heavy atom. The minimum Gasteiger partial charge on any atom is -0.347 e. The molecule has 2 N–H and O–H groups in total. The summed E-state index contributed by atoms with van der Waals surface area (Å²) in [5.41, 5.74) is 4.81. The number of H-pyrrole nitrogens is 1. The zero-order chi connectivity index (χ0) is 27.2. The van der Waals surface area contributed by atoms with Gasteiger partial charge in [0.05, 0.1) is 11.7 Å². The molecule has 200 valence electrons. The van der Waals surface area contributed by atoms with E-state index in [-0.39, 0.29) is 28.9 Å². The summed E-state index contributed by atoms with van der Waals surface area (Å²) < 4.78 is 0. The molecule has 8 heteroatoms. The van der Waals surface area contributed by atoms with Crippen LogP contribution in [0.4, 0.5) is 0 Å². The predicted molar refractivity (Wildman–Crippen MR) is 155 cm³/mol. The van der Waals surface area contributed by atoms with E-state index in [4.69, 9.17) is 21.7 Å². The number of aromatic amines is 1. The van der Waals surface area contributed by atoms with E-state index in [0.717, 1.165) is 52.9 Å². The Labute approximate surface area is 234 Å². The van der Waals surface area contributed by atoms with Crippen molar-refractivity contribution in [3.63, 3.8) is 0 Å². The van der Waals surface area contributed by atoms with Gasteiger partial charge >= 0.3 is 0 Å². The Morgan fingerprint density at radius 2 is 1.85 bits per heavy atom. The Hall–Kier alpha value is -3.71. The number of halogens is 1. The number of aliphatic imine (C=N–C) groups is 1. The number of aromatic nitrogens is 2. The van der Waals surface area contributed by atoms with E-state index < -0.39 is 0 Å². The van der Waals surface area contributed by atoms with Crippen LogP contribution in [-0.4, -0.2) is 32.1 Å². The van der Waals surface area contributed by atoms with Crippen LogP contribution >= 0.6 is 11.6 Å². The molecule has 3 heterocycles. The van der Waals surface area contributed by atoms with E-state index in [2.05, 4.69) is 72.7 Å². The molecule has 1 saturated carbocycles. The molecule has 7 nitrogen and oxygen atoms in total. The maximum Gasteiger partial charge on any atom is 0.221 e. The third-order valence-corrected chi connectivity index (χ3v) is 7.97. The number of hydrogen-bond acceptors (Lipinski definition) is 5. The number of hydrogen-bond donors (Lipinski definition) is 2. The van der Waals surface area contributed by atoms with E-state index in [1.807, 2.05) is 35.5 Å². The van der Waals surface area contributed by atoms with Gasteiger partial charge in [-0.1, -0.05) is 87.0 Å². The predicted octanol–water partition coefficient (Wildman–Crippen LogP) is 6.49. The molecule has 3 aliphatic rings. The monoisotopic (exact) mass is 540 g/mol. The Bertz CT molecular complexity index is 1450. The highest BCUT2D eigenvalue weighted by Gasteiger charge is 2.43. The van der Waals surface area contributed by atoms with E-state index in [1.54, 1.807) is 6.20 Å². The van der Waals surface area contributed by atoms with Gasteiger partial charge in [-0.3, -0.25) is 14.9 Å². The molecular formula is C31H33ClN6O. The van der Waals surface area contributed by atoms with Gasteiger partial charge in [-0.15, -0.1) is 0 Å². The molecule has 2 aliphatic heterocycles. The fourth-order valence-corrected chi connectivity index (χ4v) is 5.98. The topological polar surface area (TPSA) is 85.7 Å². The van der Waals surface area contributed by atoms with Gasteiger partial charge in [0, 0.05) is 23.8 Å². The van der Waals surface area contributed by atoms with Gasteiger partial charge in [-0.2, -0.15) is 10.2 Å². The number of benzene rings is 2. The number of nitrogens with zero attached hydrogens (tertiary/aromatic N) is 4. The molecule has 0 bridgehead atoms. The highest BCUT2D eigenvalue weighted by Crippen LogP contribution is 2.47. The minimum absolute atomic E-state index is 0.0474. The third kappa shape index (κ3) is 4.91. The van der Waals surface area contributed by atoms with Crippen LogP contribution in [0, 0.1) is 5.41 Å². The van der Waals surface area contributed by atoms with Crippen LogP contribution in [0.5, 0.6) is 0 Å². The number of nitrogens with one attached hydrogen (secondary N) is 2. The molecule has 39 heavy (non-hydrogen) atoms. The highest BCUT2D eigenvalue weighted by molar-refractivity contribution is 6.70. The Morgan fingerprint density at radius 1 is 1.10 bits per heavy atom. The van der Waals surface area contributed by atoms with E-state index >= 15 is 0 Å². The second kappa shape index (κ2) is 9.79. The molecule has 1 aliphatic carbocycles. The summed E-state index contributed by atoms with van der Waals surface area (Å²) in [5, 5.41) is 17.4. The lowest BCUT2D eigenvalue weighted by Gasteiger charge is -2.43. The van der Waals surface area contributed by atoms with Crippen LogP contribution in [-0.2, 0) is 10.3 Å². The van der Waals surface area contributed by atoms with Crippen molar-refractivity contribution >= 4 is 34.1 Å². The van der Waals surface area contributed by atoms with Crippen molar-refractivity contribution in [2.75, 3.05) is 0 Å². The lowest BCUT2D eigenvalue weighted by molar-refractivity contribution is -0.126. The zero-order valence-electron chi connectivity index (χ0n) is 22.5. The minimum atomic E-state index is -0.284. The maximum atomic E-state index is 12.8. The zero-order valence-corrected chi connectivity index (χ0v) is 23.2. The first-order chi connectivity index (χ1) is 18.7. The number of hydrazone groups is 1. The lowest BCUT2D eigenvalue weighted by Crippen LogP contribution is -2.51. The van der Waals surface area contributed by atoms with Gasteiger partial charge in [-0.25, -0.2) is 5.01 Å². The van der Waals surface area contributed by atoms with Crippen LogP contribution in [0.15, 0.2) is 83.2 Å². The second-order valence-electron chi connectivity index (χ2n) is 11.9. The average molecular weight is 541 g/mol. The smallest absolute Gasteiger partial charge is 0.221 e. The number of fused-ring (bicyclic) bond motifs is 1. The van der Waals surface area contributed by atoms with E-state index in [1.165, 1.54) is 0 Å². The summed E-state index contributed by atoms with van der Waals surface area (Å²) in [6.07, 6.45) is 9.00. The van der Waals surface area contributed by atoms with Gasteiger partial charge in [0.25, 0.3) is 0 Å². The summed E-state index contributed by atoms with van der Waals surface area (Å²) in [6.45, 7) is 6.29. The number of rotatable bonds is 6. The van der Waals surface area contributed by atoms with Crippen LogP contribution in [0.3, 0.4) is 0 Å². The van der Waals surface area contributed by atoms with Crippen LogP contribution in [0.1, 0.15) is 80.8 Å². The SMILES string of the molecule is CC(C)(C)CC(=O)NC1(c2ccc(C3N=C4C(c5cn[nH]c5)=CC(Cl)=NN4C3c3ccccc3)cc2)CCC1. The summed E-state index contributed by atoms with van der Waals surface area (Å²) in [7, 11) is 0. The standard InChI is InChI=1S/C31H33ClN6O/c1-30(2,3)17-26(39)36-31(14-7-15-31)23-12-10-20(11-13-23)27-28(21-8-5-4-6-9-21)38-29(35-27)24(16-25(32)37-38)22-18-33-34-19-22/h4-6,8-13,16,18-19,27-28H,7,14-15,17H2,1-3H3,(H,33,34)(H,36,39). The molecular weight excluding hydrogens is 508 g/mol. The van der Waals surface area contributed by atoms with E-state index in [0.29, 0.717) is 11.6 Å². The van der Waals surface area contributed by atoms with Gasteiger partial charge < -0.3 is 5.32 Å². The van der Waals surface area contributed by atoms with Crippen molar-refractivity contribution < 1.29 is 4.79 Å². The Kier molecular flexibility index (Phi) is 6.42. The van der Waals surface area contributed by atoms with Gasteiger partial charge in [0.15, 0.2) is 5.84 Å². The summed E-state index contributed by atoms with van der Waals surface area (Å²) >= 11 is 6.53. The molecule has 0 spiro atoms. The van der Waals surface area contributed by atoms with Crippen LogP contribution < -0.4 is 5.32 Å². The van der Waals surface area contributed by atoms with E-state index in [9.17, 15) is 4.79 Å². The number of carbonyl (C=O) groups is 1. The molecule has 2 atom stereocenters. The maximum absolute atomic E-state index is 12.8. The van der Waals surface area contributed by atoms with Crippen LogP contribution in [0.2, 0.25) is 0 Å². The molecule has 0 radical (unpaired) electrons. The number of amides is 1.